The predicted molar refractivity (Wildman–Crippen MR) is 616 cm³/mol. The SMILES string of the molecule is Cc1cc(C)cc(Nc2nccc(-c3ncc(NCCNCCO)s3)n2)c1.Cc1cc(C)cc(Nc2nccc(-c3ncc(NCCNCc4ccccc4)s3)n2)c1.Cc1cc(C)cc(Nc2nccc(-c3ncc(NCCNCc4cccnc4)s3)n2)c1.Cc1cc(C)cc(Nc2nccc(-c3ncc(NCCNc4ccccc4)s3)n2)c1.Cc1cc(C)cc(Nc2nccc(-c3ncc(NCCNc4cccnc4)s3)n2)c1. The van der Waals surface area contributed by atoms with E-state index in [0.29, 0.717) is 36.3 Å². The number of aryl methyl sites for hydroxylation is 10. The van der Waals surface area contributed by atoms with Gasteiger partial charge in [0.1, 0.15) is 78.5 Å². The fraction of sp³-hybridized carbons (Fsp3) is 0.216. The summed E-state index contributed by atoms with van der Waals surface area (Å²) in [5.41, 5.74) is 25.5. The zero-order valence-corrected chi connectivity index (χ0v) is 88.8. The smallest absolute Gasteiger partial charge is 0.227 e. The van der Waals surface area contributed by atoms with Crippen molar-refractivity contribution in [3.63, 3.8) is 0 Å². The van der Waals surface area contributed by atoms with Gasteiger partial charge in [0.05, 0.1) is 43.3 Å². The van der Waals surface area contributed by atoms with Crippen molar-refractivity contribution in [2.75, 3.05) is 142 Å². The maximum absolute atomic E-state index is 8.75. The third kappa shape index (κ3) is 36.2. The molecule has 0 atom stereocenters. The number of aliphatic hydroxyl groups is 1. The lowest BCUT2D eigenvalue weighted by molar-refractivity contribution is 0.293. The molecule has 0 radical (unpaired) electrons. The van der Waals surface area contributed by atoms with Gasteiger partial charge in [0.25, 0.3) is 0 Å². The van der Waals surface area contributed by atoms with Gasteiger partial charge in [-0.3, -0.25) is 9.97 Å². The van der Waals surface area contributed by atoms with Crippen LogP contribution in [-0.4, -0.2) is 168 Å². The summed E-state index contributed by atoms with van der Waals surface area (Å²) in [5, 5.41) is 68.1. The minimum Gasteiger partial charge on any atom is -0.395 e. The number of anilines is 17. The molecule has 0 fully saturated rings. The topological polar surface area (TPSA) is 420 Å². The number of nitrogens with one attached hydrogen (secondary N) is 15. The van der Waals surface area contributed by atoms with Gasteiger partial charge in [-0.25, -0.2) is 74.8 Å². The lowest BCUT2D eigenvalue weighted by atomic mass is 10.1. The Morgan fingerprint density at radius 1 is 0.215 bits per heavy atom. The van der Waals surface area contributed by atoms with Crippen LogP contribution < -0.4 is 79.8 Å². The van der Waals surface area contributed by atoms with Crippen LogP contribution in [0.15, 0.2) is 293 Å². The summed E-state index contributed by atoms with van der Waals surface area (Å²) in [7, 11) is 0. The first kappa shape index (κ1) is 107. The second-order valence-corrected chi connectivity index (χ2v) is 39.9. The fourth-order valence-electron chi connectivity index (χ4n) is 15.3. The van der Waals surface area contributed by atoms with Crippen molar-refractivity contribution in [2.24, 2.45) is 0 Å². The van der Waals surface area contributed by atoms with E-state index in [-0.39, 0.29) is 6.61 Å². The quantitative estimate of drug-likeness (QED) is 0.0158. The minimum absolute atomic E-state index is 0.150. The molecule has 7 aromatic carbocycles. The zero-order valence-electron chi connectivity index (χ0n) is 84.7. The van der Waals surface area contributed by atoms with Crippen LogP contribution in [-0.2, 0) is 13.1 Å². The summed E-state index contributed by atoms with van der Waals surface area (Å²) >= 11 is 7.88. The number of hydrogen-bond donors (Lipinski definition) is 16. The zero-order chi connectivity index (χ0) is 104. The van der Waals surface area contributed by atoms with Crippen LogP contribution >= 0.6 is 56.7 Å². The second-order valence-electron chi connectivity index (χ2n) is 34.8. The molecule has 0 spiro atoms. The number of aromatic nitrogens is 17. The standard InChI is InChI=1S/C24H26N6S.C23H25N7S.C23H24N6S.C22H23N7S.C19H24N6OS/c1-17-12-18(2)14-20(13-17)29-24-27-9-8-21(30-24)23-28-16-22(31-23)26-11-10-25-15-19-6-4-3-5-7-19;1-16-10-17(2)12-19(11-16)29-23-27-7-5-20(30-23)22-28-15-21(31-22)26-9-8-25-14-18-4-3-6-24-13-18;1-16-12-17(2)14-19(13-16)28-23-26-9-8-20(29-23)22-27-15-21(30-22)25-11-10-24-18-6-4-3-5-7-18;1-15-10-16(2)12-18(11-15)28-22-26-7-5-19(29-22)21-27-14-20(30-21)25-9-8-24-17-4-3-6-23-13-17;1-13-9-14(2)11-15(10-13)24-19-22-4-3-16(25-19)18-23-12-17(27-18)21-6-5-20-7-8-26/h3-9,12-14,16,25-26H,10-11,15H2,1-2H3,(H,27,29,30);3-7,10-13,15,25-26H,8-9,14H2,1-2H3,(H,27,29,30);3-9,12-15,24-25H,10-11H2,1-2H3,(H,26,28,29);3-7,10-14,24-25H,8-9H2,1-2H3,(H,26,28,29);3-4,9-12,20-21,26H,5-8H2,1-2H3,(H,22,24,25). The largest absolute Gasteiger partial charge is 0.395 e. The predicted octanol–water partition coefficient (Wildman–Crippen LogP) is 23.0. The van der Waals surface area contributed by atoms with Crippen LogP contribution in [0.1, 0.15) is 66.8 Å². The summed E-state index contributed by atoms with van der Waals surface area (Å²) < 4.78 is 0. The Morgan fingerprint density at radius 3 is 0.758 bits per heavy atom. The molecule has 16 N–H and O–H groups in total. The van der Waals surface area contributed by atoms with Crippen molar-refractivity contribution in [3.05, 3.63) is 360 Å². The molecule has 0 saturated heterocycles. The van der Waals surface area contributed by atoms with E-state index >= 15 is 0 Å². The van der Waals surface area contributed by atoms with Gasteiger partial charge < -0.3 is 84.9 Å². The molecular weight excluding hydrogens is 1960 g/mol. The molecule has 38 heteroatoms. The molecule has 0 amide bonds. The summed E-state index contributed by atoms with van der Waals surface area (Å²) in [4.78, 5) is 75.6. The molecule has 12 aromatic heterocycles. The summed E-state index contributed by atoms with van der Waals surface area (Å²) in [6.07, 6.45) is 25.2. The Morgan fingerprint density at radius 2 is 0.470 bits per heavy atom. The van der Waals surface area contributed by atoms with E-state index in [2.05, 4.69) is 367 Å². The molecule has 0 aliphatic heterocycles. The summed E-state index contributed by atoms with van der Waals surface area (Å²) in [6.45, 7) is 31.3. The lowest BCUT2D eigenvalue weighted by Gasteiger charge is -2.08. The Labute approximate surface area is 888 Å². The van der Waals surface area contributed by atoms with Crippen LogP contribution in [0, 0.1) is 69.2 Å². The van der Waals surface area contributed by atoms with Gasteiger partial charge in [0, 0.05) is 175 Å². The van der Waals surface area contributed by atoms with Gasteiger partial charge >= 0.3 is 0 Å². The van der Waals surface area contributed by atoms with Crippen molar-refractivity contribution < 1.29 is 5.11 Å². The highest BCUT2D eigenvalue weighted by Crippen LogP contribution is 2.35. The second kappa shape index (κ2) is 56.5. The van der Waals surface area contributed by atoms with E-state index in [1.54, 1.807) is 100 Å². The Balaban J connectivity index is 0.000000139. The highest BCUT2D eigenvalue weighted by molar-refractivity contribution is 7.20. The molecule has 0 aliphatic rings. The van der Waals surface area contributed by atoms with Crippen LogP contribution in [0.4, 0.5) is 94.6 Å². The van der Waals surface area contributed by atoms with Gasteiger partial charge in [0.2, 0.25) is 29.7 Å². The van der Waals surface area contributed by atoms with Gasteiger partial charge in [-0.2, -0.15) is 0 Å². The Hall–Kier alpha value is -16.2. The summed E-state index contributed by atoms with van der Waals surface area (Å²) in [6, 6.07) is 69.4. The van der Waals surface area contributed by atoms with E-state index in [1.807, 2.05) is 116 Å². The van der Waals surface area contributed by atoms with Crippen molar-refractivity contribution >= 4 is 151 Å². The molecule has 0 unspecified atom stereocenters. The van der Waals surface area contributed by atoms with Gasteiger partial charge in [-0.05, 0) is 257 Å². The van der Waals surface area contributed by atoms with Crippen molar-refractivity contribution in [2.45, 2.75) is 82.3 Å². The highest BCUT2D eigenvalue weighted by atomic mass is 32.1. The molecule has 0 saturated carbocycles. The number of thiazole rings is 5. The first-order valence-corrected chi connectivity index (χ1v) is 52.9. The van der Waals surface area contributed by atoms with Crippen LogP contribution in [0.3, 0.4) is 0 Å². The lowest BCUT2D eigenvalue weighted by Crippen LogP contribution is -2.24. The van der Waals surface area contributed by atoms with Crippen LogP contribution in [0.25, 0.3) is 53.5 Å². The number of rotatable bonds is 43. The maximum atomic E-state index is 8.75. The van der Waals surface area contributed by atoms with E-state index in [4.69, 9.17) is 5.11 Å². The highest BCUT2D eigenvalue weighted by Gasteiger charge is 2.17. The molecule has 149 heavy (non-hydrogen) atoms. The Bertz CT molecular complexity index is 6900. The average molecular weight is 2080 g/mol. The van der Waals surface area contributed by atoms with Gasteiger partial charge in [-0.1, -0.05) is 142 Å². The molecule has 19 aromatic rings. The summed E-state index contributed by atoms with van der Waals surface area (Å²) in [5.74, 6) is 2.80. The number of hydrogen-bond acceptors (Lipinski definition) is 38. The van der Waals surface area contributed by atoms with E-state index in [9.17, 15) is 0 Å². The first-order chi connectivity index (χ1) is 72.7. The van der Waals surface area contributed by atoms with Crippen molar-refractivity contribution in [3.8, 4) is 53.5 Å². The van der Waals surface area contributed by atoms with Crippen LogP contribution in [0.2, 0.25) is 0 Å². The normalized spacial score (nSPS) is 10.7. The van der Waals surface area contributed by atoms with Crippen LogP contribution in [0.5, 0.6) is 0 Å². The number of nitrogens with zero attached hydrogens (tertiary/aromatic N) is 17. The number of para-hydroxylation sites is 1. The third-order valence-electron chi connectivity index (χ3n) is 21.5. The van der Waals surface area contributed by atoms with Crippen molar-refractivity contribution in [1.82, 2.24) is 101 Å². The Kier molecular flexibility index (Phi) is 40.6. The third-order valence-corrected chi connectivity index (χ3v) is 26.4. The molecular formula is C111H122N32OS5. The van der Waals surface area contributed by atoms with Gasteiger partial charge in [-0.15, -0.1) is 0 Å². The van der Waals surface area contributed by atoms with Crippen molar-refractivity contribution in [1.29, 1.82) is 0 Å². The maximum Gasteiger partial charge on any atom is 0.227 e. The number of pyridine rings is 2. The molecule has 762 valence electrons. The van der Waals surface area contributed by atoms with Gasteiger partial charge in [0.15, 0.2) is 0 Å². The molecule has 12 heterocycles. The molecule has 0 bridgehead atoms. The minimum atomic E-state index is 0.150. The molecule has 19 rings (SSSR count). The average Bonchev–Trinajstić information content (AvgIpc) is 1.69. The monoisotopic (exact) mass is 2080 g/mol. The molecule has 33 nitrogen and oxygen atoms in total. The van der Waals surface area contributed by atoms with E-state index < -0.39 is 0 Å². The fourth-order valence-corrected chi connectivity index (χ4v) is 19.4. The van der Waals surface area contributed by atoms with E-state index in [1.165, 1.54) is 66.8 Å². The molecule has 0 aliphatic carbocycles. The number of aliphatic hydroxyl groups excluding tert-OH is 1. The number of benzene rings is 7. The first-order valence-electron chi connectivity index (χ1n) is 48.8. The van der Waals surface area contributed by atoms with E-state index in [0.717, 1.165) is 197 Å².